The van der Waals surface area contributed by atoms with Crippen molar-refractivity contribution >= 4 is 40.7 Å². The Morgan fingerprint density at radius 1 is 1.00 bits per heavy atom. The van der Waals surface area contributed by atoms with Gasteiger partial charge in [0, 0.05) is 17.1 Å². The van der Waals surface area contributed by atoms with Crippen LogP contribution in [-0.4, -0.2) is 11.8 Å². The topological polar surface area (TPSA) is 58.2 Å². The van der Waals surface area contributed by atoms with Crippen LogP contribution in [0.3, 0.4) is 0 Å². The summed E-state index contributed by atoms with van der Waals surface area (Å²) in [6, 6.07) is 15.5. The van der Waals surface area contributed by atoms with Gasteiger partial charge in [-0.1, -0.05) is 47.5 Å². The van der Waals surface area contributed by atoms with E-state index in [0.29, 0.717) is 16.8 Å². The summed E-state index contributed by atoms with van der Waals surface area (Å²) < 4.78 is 28.1. The van der Waals surface area contributed by atoms with E-state index in [2.05, 4.69) is 10.6 Å². The lowest BCUT2D eigenvalue weighted by Crippen LogP contribution is -2.52. The van der Waals surface area contributed by atoms with Crippen LogP contribution >= 0.6 is 23.2 Å². The summed E-state index contributed by atoms with van der Waals surface area (Å²) in [4.78, 5) is 25.1. The third kappa shape index (κ3) is 4.33. The Morgan fingerprint density at radius 2 is 1.73 bits per heavy atom. The first-order valence-corrected chi connectivity index (χ1v) is 11.0. The minimum Gasteiger partial charge on any atom is -0.348 e. The Kier molecular flexibility index (Phi) is 6.41. The SMILES string of the molecule is Cc1ccc(F)cc1[C@H]1NC(=O)CC[C@]12C(=O)Nc1cc(Cl)c(F)cc12.Clc1ccccc1. The summed E-state index contributed by atoms with van der Waals surface area (Å²) in [6.07, 6.45) is 0.307. The maximum atomic E-state index is 14.2. The molecule has 2 aliphatic heterocycles. The molecule has 1 spiro atoms. The molecule has 2 aliphatic rings. The van der Waals surface area contributed by atoms with Crippen LogP contribution in [0.25, 0.3) is 0 Å². The van der Waals surface area contributed by atoms with Gasteiger partial charge in [-0.05, 0) is 66.4 Å². The molecule has 3 aromatic rings. The van der Waals surface area contributed by atoms with Crippen LogP contribution in [0.2, 0.25) is 10.0 Å². The van der Waals surface area contributed by atoms with E-state index in [4.69, 9.17) is 23.2 Å². The zero-order valence-corrected chi connectivity index (χ0v) is 19.1. The van der Waals surface area contributed by atoms with Crippen molar-refractivity contribution in [2.45, 2.75) is 31.2 Å². The molecule has 0 saturated carbocycles. The van der Waals surface area contributed by atoms with Crippen LogP contribution in [0.4, 0.5) is 14.5 Å². The van der Waals surface area contributed by atoms with Gasteiger partial charge in [0.25, 0.3) is 0 Å². The number of fused-ring (bicyclic) bond motifs is 2. The number of hydrogen-bond acceptors (Lipinski definition) is 2. The van der Waals surface area contributed by atoms with Crippen molar-refractivity contribution in [1.29, 1.82) is 0 Å². The molecule has 3 aromatic carbocycles. The zero-order valence-electron chi connectivity index (χ0n) is 17.6. The maximum Gasteiger partial charge on any atom is 0.237 e. The van der Waals surface area contributed by atoms with Gasteiger partial charge in [0.05, 0.1) is 11.1 Å². The molecule has 4 nitrogen and oxygen atoms in total. The molecule has 2 N–H and O–H groups in total. The molecule has 0 aromatic heterocycles. The smallest absolute Gasteiger partial charge is 0.237 e. The molecule has 0 unspecified atom stereocenters. The van der Waals surface area contributed by atoms with Crippen LogP contribution in [0, 0.1) is 18.6 Å². The summed E-state index contributed by atoms with van der Waals surface area (Å²) in [7, 11) is 0. The molecule has 1 fully saturated rings. The maximum absolute atomic E-state index is 14.2. The van der Waals surface area contributed by atoms with E-state index in [0.717, 1.165) is 10.6 Å². The Bertz CT molecular complexity index is 1240. The quantitative estimate of drug-likeness (QED) is 0.434. The van der Waals surface area contributed by atoms with Crippen molar-refractivity contribution < 1.29 is 18.4 Å². The summed E-state index contributed by atoms with van der Waals surface area (Å²) in [5.41, 5.74) is 0.854. The van der Waals surface area contributed by atoms with Crippen LogP contribution in [-0.2, 0) is 15.0 Å². The van der Waals surface area contributed by atoms with Gasteiger partial charge in [-0.15, -0.1) is 0 Å². The monoisotopic (exact) mass is 488 g/mol. The molecule has 5 rings (SSSR count). The second-order valence-corrected chi connectivity index (χ2v) is 8.88. The fourth-order valence-electron chi connectivity index (χ4n) is 4.40. The number of nitrogens with one attached hydrogen (secondary N) is 2. The standard InChI is InChI=1S/C19H15ClF2N2O2.C6H5Cl/c1-9-2-3-10(21)6-11(9)17-19(5-4-16(25)24-17)12-7-14(22)13(20)8-15(12)23-18(19)26;7-6-4-2-1-3-5-6/h2-3,6-8,17H,4-5H2,1H3,(H,23,26)(H,24,25);1-5H/t17-,19-;/m1./s1. The fraction of sp³-hybridized carbons (Fsp3) is 0.200. The van der Waals surface area contributed by atoms with E-state index in [9.17, 15) is 18.4 Å². The van der Waals surface area contributed by atoms with Gasteiger partial charge in [-0.3, -0.25) is 9.59 Å². The van der Waals surface area contributed by atoms with Gasteiger partial charge in [0.15, 0.2) is 0 Å². The van der Waals surface area contributed by atoms with Gasteiger partial charge < -0.3 is 10.6 Å². The average Bonchev–Trinajstić information content (AvgIpc) is 3.04. The molecular formula is C25H20Cl2F2N2O2. The van der Waals surface area contributed by atoms with Crippen molar-refractivity contribution in [3.8, 4) is 0 Å². The largest absolute Gasteiger partial charge is 0.348 e. The van der Waals surface area contributed by atoms with Crippen LogP contribution in [0.15, 0.2) is 60.7 Å². The predicted octanol–water partition coefficient (Wildman–Crippen LogP) is 6.11. The summed E-state index contributed by atoms with van der Waals surface area (Å²) >= 11 is 11.4. The van der Waals surface area contributed by atoms with Crippen molar-refractivity contribution in [2.24, 2.45) is 0 Å². The average molecular weight is 489 g/mol. The van der Waals surface area contributed by atoms with E-state index in [-0.39, 0.29) is 29.7 Å². The fourth-order valence-corrected chi connectivity index (χ4v) is 4.71. The Labute approximate surface area is 199 Å². The third-order valence-electron chi connectivity index (χ3n) is 6.02. The molecule has 2 atom stereocenters. The molecule has 2 amide bonds. The predicted molar refractivity (Wildman–Crippen MR) is 124 cm³/mol. The first kappa shape index (κ1) is 23.2. The first-order valence-electron chi connectivity index (χ1n) is 10.3. The van der Waals surface area contributed by atoms with Gasteiger partial charge in [0.2, 0.25) is 11.8 Å². The Hall–Kier alpha value is -2.96. The van der Waals surface area contributed by atoms with Crippen molar-refractivity contribution in [1.82, 2.24) is 5.32 Å². The molecule has 170 valence electrons. The van der Waals surface area contributed by atoms with Crippen LogP contribution in [0.1, 0.15) is 35.6 Å². The second kappa shape index (κ2) is 9.12. The number of carbonyl (C=O) groups is 2. The number of rotatable bonds is 1. The molecule has 2 heterocycles. The number of halogens is 4. The summed E-state index contributed by atoms with van der Waals surface area (Å²) in [5.74, 6) is -1.71. The number of hydrogen-bond donors (Lipinski definition) is 2. The molecule has 0 radical (unpaired) electrons. The lowest BCUT2D eigenvalue weighted by molar-refractivity contribution is -0.130. The normalized spacial score (nSPS) is 21.1. The van der Waals surface area contributed by atoms with E-state index in [1.807, 2.05) is 30.3 Å². The molecule has 0 bridgehead atoms. The van der Waals surface area contributed by atoms with Crippen molar-refractivity contribution in [3.63, 3.8) is 0 Å². The highest BCUT2D eigenvalue weighted by Crippen LogP contribution is 2.52. The van der Waals surface area contributed by atoms with E-state index >= 15 is 0 Å². The second-order valence-electron chi connectivity index (χ2n) is 8.03. The number of benzene rings is 3. The number of piperidine rings is 1. The van der Waals surface area contributed by atoms with Gasteiger partial charge in [-0.25, -0.2) is 8.78 Å². The van der Waals surface area contributed by atoms with Crippen molar-refractivity contribution in [3.05, 3.63) is 99.0 Å². The highest BCUT2D eigenvalue weighted by atomic mass is 35.5. The van der Waals surface area contributed by atoms with Crippen LogP contribution in [0.5, 0.6) is 0 Å². The minimum atomic E-state index is -1.22. The first-order chi connectivity index (χ1) is 15.7. The highest BCUT2D eigenvalue weighted by Gasteiger charge is 2.56. The zero-order chi connectivity index (χ0) is 23.8. The van der Waals surface area contributed by atoms with E-state index < -0.39 is 23.1 Å². The molecule has 33 heavy (non-hydrogen) atoms. The lowest BCUT2D eigenvalue weighted by Gasteiger charge is -2.41. The molecule has 8 heteroatoms. The number of anilines is 1. The third-order valence-corrected chi connectivity index (χ3v) is 6.57. The summed E-state index contributed by atoms with van der Waals surface area (Å²) in [6.45, 7) is 1.78. The Balaban J connectivity index is 0.000000318. The summed E-state index contributed by atoms with van der Waals surface area (Å²) in [5, 5.41) is 6.25. The minimum absolute atomic E-state index is 0.0977. The number of carbonyl (C=O) groups excluding carboxylic acids is 2. The van der Waals surface area contributed by atoms with E-state index in [1.54, 1.807) is 13.0 Å². The van der Waals surface area contributed by atoms with Crippen molar-refractivity contribution in [2.75, 3.05) is 5.32 Å². The molecule has 1 saturated heterocycles. The highest BCUT2D eigenvalue weighted by molar-refractivity contribution is 6.31. The van der Waals surface area contributed by atoms with E-state index in [1.165, 1.54) is 24.3 Å². The van der Waals surface area contributed by atoms with Gasteiger partial charge in [-0.2, -0.15) is 0 Å². The Morgan fingerprint density at radius 3 is 2.39 bits per heavy atom. The number of amides is 2. The molecule has 0 aliphatic carbocycles. The lowest BCUT2D eigenvalue weighted by atomic mass is 9.67. The molecular weight excluding hydrogens is 469 g/mol. The van der Waals surface area contributed by atoms with Gasteiger partial charge >= 0.3 is 0 Å². The number of aryl methyl sites for hydroxylation is 1. The van der Waals surface area contributed by atoms with Gasteiger partial charge in [0.1, 0.15) is 17.0 Å². The van der Waals surface area contributed by atoms with Crippen LogP contribution < -0.4 is 10.6 Å².